The van der Waals surface area contributed by atoms with E-state index in [1.807, 2.05) is 18.2 Å². The number of nitrogens with zero attached hydrogens (tertiary/aromatic N) is 2. The lowest BCUT2D eigenvalue weighted by molar-refractivity contribution is -0.115. The average Bonchev–Trinajstić information content (AvgIpc) is 2.63. The van der Waals surface area contributed by atoms with E-state index >= 15 is 0 Å². The first kappa shape index (κ1) is 17.8. The minimum atomic E-state index is -0.391. The Bertz CT molecular complexity index is 847. The van der Waals surface area contributed by atoms with Crippen molar-refractivity contribution in [3.8, 4) is 6.07 Å². The van der Waals surface area contributed by atoms with Crippen LogP contribution in [0.4, 0.5) is 5.69 Å². The highest BCUT2D eigenvalue weighted by Crippen LogP contribution is 2.30. The van der Waals surface area contributed by atoms with Crippen LogP contribution in [0.1, 0.15) is 36.6 Å². The molecule has 4 nitrogen and oxygen atoms in total. The molecule has 1 aromatic carbocycles. The fourth-order valence-corrected chi connectivity index (χ4v) is 3.88. The van der Waals surface area contributed by atoms with Gasteiger partial charge in [-0.15, -0.1) is 0 Å². The van der Waals surface area contributed by atoms with E-state index in [1.54, 1.807) is 19.1 Å². The molecule has 0 saturated heterocycles. The predicted octanol–water partition coefficient (Wildman–Crippen LogP) is 4.60. The van der Waals surface area contributed by atoms with Crippen LogP contribution in [-0.4, -0.2) is 16.1 Å². The topological polar surface area (TPSA) is 65.8 Å². The van der Waals surface area contributed by atoms with Crippen molar-refractivity contribution in [2.24, 2.45) is 0 Å². The first-order valence-electron chi connectivity index (χ1n) is 8.23. The third-order valence-electron chi connectivity index (χ3n) is 4.18. The van der Waals surface area contributed by atoms with Crippen molar-refractivity contribution >= 4 is 35.0 Å². The highest BCUT2D eigenvalue weighted by molar-refractivity contribution is 8.00. The Morgan fingerprint density at radius 1 is 1.36 bits per heavy atom. The molecule has 1 unspecified atom stereocenters. The summed E-state index contributed by atoms with van der Waals surface area (Å²) in [6.45, 7) is 1.80. The number of pyridine rings is 1. The number of fused-ring (bicyclic) bond motifs is 1. The molecule has 1 aliphatic carbocycles. The Labute approximate surface area is 156 Å². The maximum Gasteiger partial charge on any atom is 0.237 e. The van der Waals surface area contributed by atoms with Gasteiger partial charge in [-0.2, -0.15) is 5.26 Å². The maximum atomic E-state index is 12.5. The van der Waals surface area contributed by atoms with Gasteiger partial charge in [0, 0.05) is 5.69 Å². The van der Waals surface area contributed by atoms with Crippen LogP contribution in [0, 0.1) is 11.3 Å². The van der Waals surface area contributed by atoms with Gasteiger partial charge in [0.25, 0.3) is 0 Å². The Kier molecular flexibility index (Phi) is 5.62. The lowest BCUT2D eigenvalue weighted by atomic mass is 9.95. The van der Waals surface area contributed by atoms with Gasteiger partial charge in [0.15, 0.2) is 0 Å². The second-order valence-corrected chi connectivity index (χ2v) is 7.73. The van der Waals surface area contributed by atoms with Crippen LogP contribution in [0.2, 0.25) is 5.02 Å². The number of hydrogen-bond acceptors (Lipinski definition) is 4. The number of hydrogen-bond donors (Lipinski definition) is 1. The standard InChI is InChI=1S/C19H18ClN3OS/c1-12(18(24)22-17-9-5-3-7-15(17)20)25-19-14(11-21)10-13-6-2-4-8-16(13)23-19/h3,5,7,9-10,12H,2,4,6,8H2,1H3,(H,22,24). The van der Waals surface area contributed by atoms with Crippen LogP contribution >= 0.6 is 23.4 Å². The zero-order valence-corrected chi connectivity index (χ0v) is 15.5. The lowest BCUT2D eigenvalue weighted by Gasteiger charge is -2.18. The van der Waals surface area contributed by atoms with E-state index in [1.165, 1.54) is 17.3 Å². The van der Waals surface area contributed by atoms with Crippen molar-refractivity contribution in [2.75, 3.05) is 5.32 Å². The van der Waals surface area contributed by atoms with E-state index < -0.39 is 5.25 Å². The van der Waals surface area contributed by atoms with E-state index in [9.17, 15) is 10.1 Å². The number of carbonyl (C=O) groups is 1. The van der Waals surface area contributed by atoms with Crippen molar-refractivity contribution in [2.45, 2.75) is 42.9 Å². The second kappa shape index (κ2) is 7.90. The Hall–Kier alpha value is -2.03. The van der Waals surface area contributed by atoms with Crippen LogP contribution < -0.4 is 5.32 Å². The third-order valence-corrected chi connectivity index (χ3v) is 5.61. The summed E-state index contributed by atoms with van der Waals surface area (Å²) in [4.78, 5) is 17.1. The van der Waals surface area contributed by atoms with Crippen LogP contribution in [0.3, 0.4) is 0 Å². The number of para-hydroxylation sites is 1. The SMILES string of the molecule is CC(Sc1nc2c(cc1C#N)CCCC2)C(=O)Nc1ccccc1Cl. The van der Waals surface area contributed by atoms with Gasteiger partial charge >= 0.3 is 0 Å². The number of rotatable bonds is 4. The number of halogens is 1. The highest BCUT2D eigenvalue weighted by Gasteiger charge is 2.21. The van der Waals surface area contributed by atoms with Crippen LogP contribution in [0.5, 0.6) is 0 Å². The Morgan fingerprint density at radius 3 is 2.88 bits per heavy atom. The number of anilines is 1. The number of aryl methyl sites for hydroxylation is 2. The van der Waals surface area contributed by atoms with Gasteiger partial charge in [0.1, 0.15) is 11.1 Å². The van der Waals surface area contributed by atoms with Gasteiger partial charge in [0.05, 0.1) is 21.5 Å². The molecule has 0 bridgehead atoms. The molecule has 3 rings (SSSR count). The first-order chi connectivity index (χ1) is 12.1. The molecular weight excluding hydrogens is 354 g/mol. The largest absolute Gasteiger partial charge is 0.324 e. The number of thioether (sulfide) groups is 1. The van der Waals surface area contributed by atoms with E-state index in [-0.39, 0.29) is 5.91 Å². The molecule has 0 fully saturated rings. The van der Waals surface area contributed by atoms with Crippen LogP contribution in [0.25, 0.3) is 0 Å². The van der Waals surface area contributed by atoms with Gasteiger partial charge in [-0.3, -0.25) is 4.79 Å². The van der Waals surface area contributed by atoms with E-state index in [2.05, 4.69) is 16.4 Å². The number of nitriles is 1. The first-order valence-corrected chi connectivity index (χ1v) is 9.49. The maximum absolute atomic E-state index is 12.5. The smallest absolute Gasteiger partial charge is 0.237 e. The average molecular weight is 372 g/mol. The van der Waals surface area contributed by atoms with Crippen molar-refractivity contribution in [3.05, 3.63) is 52.2 Å². The van der Waals surface area contributed by atoms with E-state index in [0.717, 1.165) is 31.4 Å². The van der Waals surface area contributed by atoms with Gasteiger partial charge in [-0.1, -0.05) is 35.5 Å². The van der Waals surface area contributed by atoms with Crippen molar-refractivity contribution < 1.29 is 4.79 Å². The zero-order chi connectivity index (χ0) is 17.8. The van der Waals surface area contributed by atoms with Crippen molar-refractivity contribution in [3.63, 3.8) is 0 Å². The van der Waals surface area contributed by atoms with Gasteiger partial charge in [-0.25, -0.2) is 4.98 Å². The number of amides is 1. The molecule has 128 valence electrons. The molecular formula is C19H18ClN3OS. The Balaban J connectivity index is 1.76. The van der Waals surface area contributed by atoms with Crippen molar-refractivity contribution in [1.82, 2.24) is 4.98 Å². The van der Waals surface area contributed by atoms with Crippen LogP contribution in [0.15, 0.2) is 35.4 Å². The Morgan fingerprint density at radius 2 is 2.12 bits per heavy atom. The number of aromatic nitrogens is 1. The van der Waals surface area contributed by atoms with Gasteiger partial charge < -0.3 is 5.32 Å². The van der Waals surface area contributed by atoms with Crippen molar-refractivity contribution in [1.29, 1.82) is 5.26 Å². The summed E-state index contributed by atoms with van der Waals surface area (Å²) in [5, 5.41) is 13.0. The molecule has 6 heteroatoms. The monoisotopic (exact) mass is 371 g/mol. The van der Waals surface area contributed by atoms with E-state index in [4.69, 9.17) is 11.6 Å². The quantitative estimate of drug-likeness (QED) is 0.797. The minimum absolute atomic E-state index is 0.165. The minimum Gasteiger partial charge on any atom is -0.324 e. The number of benzene rings is 1. The highest BCUT2D eigenvalue weighted by atomic mass is 35.5. The third kappa shape index (κ3) is 4.15. The lowest BCUT2D eigenvalue weighted by Crippen LogP contribution is -2.23. The molecule has 1 amide bonds. The summed E-state index contributed by atoms with van der Waals surface area (Å²) in [6.07, 6.45) is 4.18. The molecule has 1 aromatic heterocycles. The normalized spacial score (nSPS) is 14.3. The molecule has 0 saturated carbocycles. The fourth-order valence-electron chi connectivity index (χ4n) is 2.80. The molecule has 0 aliphatic heterocycles. The molecule has 2 aromatic rings. The number of nitrogens with one attached hydrogen (secondary N) is 1. The van der Waals surface area contributed by atoms with Gasteiger partial charge in [-0.05, 0) is 56.4 Å². The molecule has 1 atom stereocenters. The zero-order valence-electron chi connectivity index (χ0n) is 13.9. The van der Waals surface area contributed by atoms with Gasteiger partial charge in [0.2, 0.25) is 5.91 Å². The summed E-state index contributed by atoms with van der Waals surface area (Å²) >= 11 is 7.40. The second-order valence-electron chi connectivity index (χ2n) is 5.99. The number of carbonyl (C=O) groups excluding carboxylic acids is 1. The summed E-state index contributed by atoms with van der Waals surface area (Å²) in [7, 11) is 0. The summed E-state index contributed by atoms with van der Waals surface area (Å²) in [6, 6.07) is 11.3. The summed E-state index contributed by atoms with van der Waals surface area (Å²) in [5.74, 6) is -0.165. The molecule has 0 spiro atoms. The molecule has 25 heavy (non-hydrogen) atoms. The predicted molar refractivity (Wildman–Crippen MR) is 101 cm³/mol. The van der Waals surface area contributed by atoms with E-state index in [0.29, 0.717) is 21.3 Å². The molecule has 1 aliphatic rings. The molecule has 1 N–H and O–H groups in total. The molecule has 1 heterocycles. The summed E-state index contributed by atoms with van der Waals surface area (Å²) in [5.41, 5.74) is 3.36. The van der Waals surface area contributed by atoms with Crippen LogP contribution in [-0.2, 0) is 17.6 Å². The molecule has 0 radical (unpaired) electrons. The fraction of sp³-hybridized carbons (Fsp3) is 0.316. The summed E-state index contributed by atoms with van der Waals surface area (Å²) < 4.78 is 0.